The second-order valence-electron chi connectivity index (χ2n) is 7.71. The lowest BCUT2D eigenvalue weighted by atomic mass is 9.93. The highest BCUT2D eigenvalue weighted by atomic mass is 16.5. The quantitative estimate of drug-likeness (QED) is 0.859. The Bertz CT molecular complexity index is 542. The van der Waals surface area contributed by atoms with Crippen LogP contribution < -0.4 is 5.32 Å². The van der Waals surface area contributed by atoms with Crippen LogP contribution in [-0.2, 0) is 18.3 Å². The van der Waals surface area contributed by atoms with Crippen molar-refractivity contribution in [3.05, 3.63) is 11.6 Å². The number of hydrogen-bond donors (Lipinski definition) is 1. The molecule has 1 aromatic rings. The van der Waals surface area contributed by atoms with E-state index in [0.717, 1.165) is 44.7 Å². The van der Waals surface area contributed by atoms with Gasteiger partial charge in [-0.2, -0.15) is 0 Å². The van der Waals surface area contributed by atoms with Crippen molar-refractivity contribution in [2.75, 3.05) is 52.5 Å². The van der Waals surface area contributed by atoms with E-state index in [4.69, 9.17) is 4.74 Å². The van der Waals surface area contributed by atoms with Gasteiger partial charge in [-0.15, -0.1) is 10.2 Å². The van der Waals surface area contributed by atoms with E-state index in [-0.39, 0.29) is 0 Å². The molecular weight excluding hydrogens is 316 g/mol. The van der Waals surface area contributed by atoms with Gasteiger partial charge in [0.2, 0.25) is 0 Å². The first-order chi connectivity index (χ1) is 12.3. The Labute approximate surface area is 150 Å². The highest BCUT2D eigenvalue weighted by Crippen LogP contribution is 2.29. The Kier molecular flexibility index (Phi) is 5.65. The fourth-order valence-corrected chi connectivity index (χ4v) is 4.52. The molecule has 3 aliphatic heterocycles. The molecule has 1 aromatic heterocycles. The number of rotatable bonds is 4. The third-order valence-corrected chi connectivity index (χ3v) is 6.19. The van der Waals surface area contributed by atoms with Crippen molar-refractivity contribution >= 4 is 0 Å². The van der Waals surface area contributed by atoms with E-state index < -0.39 is 0 Å². The summed E-state index contributed by atoms with van der Waals surface area (Å²) in [6, 6.07) is 0.790. The second kappa shape index (κ2) is 8.12. The molecule has 0 saturated carbocycles. The molecule has 25 heavy (non-hydrogen) atoms. The molecule has 7 nitrogen and oxygen atoms in total. The number of nitrogens with zero attached hydrogens (tertiary/aromatic N) is 5. The summed E-state index contributed by atoms with van der Waals surface area (Å²) in [6.45, 7) is 9.33. The summed E-state index contributed by atoms with van der Waals surface area (Å²) in [7, 11) is 2.14. The van der Waals surface area contributed by atoms with Gasteiger partial charge in [0.25, 0.3) is 0 Å². The molecule has 4 rings (SSSR count). The third kappa shape index (κ3) is 4.05. The smallest absolute Gasteiger partial charge is 0.146 e. The predicted octanol–water partition coefficient (Wildman–Crippen LogP) is 0.579. The van der Waals surface area contributed by atoms with Crippen molar-refractivity contribution in [1.29, 1.82) is 0 Å². The van der Waals surface area contributed by atoms with Crippen LogP contribution in [0.25, 0.3) is 0 Å². The Balaban J connectivity index is 1.33. The maximum atomic E-state index is 5.43. The Hall–Kier alpha value is -1.02. The molecule has 7 heteroatoms. The molecule has 3 saturated heterocycles. The van der Waals surface area contributed by atoms with Gasteiger partial charge < -0.3 is 19.5 Å². The molecule has 0 aromatic carbocycles. The molecule has 0 radical (unpaired) electrons. The molecule has 0 spiro atoms. The van der Waals surface area contributed by atoms with E-state index in [1.807, 2.05) is 0 Å². The molecule has 0 aliphatic carbocycles. The molecule has 0 unspecified atom stereocenters. The summed E-state index contributed by atoms with van der Waals surface area (Å²) in [5.41, 5.74) is 0. The van der Waals surface area contributed by atoms with Gasteiger partial charge in [-0.25, -0.2) is 0 Å². The number of aromatic nitrogens is 3. The molecule has 0 atom stereocenters. The van der Waals surface area contributed by atoms with Gasteiger partial charge in [0.1, 0.15) is 11.6 Å². The lowest BCUT2D eigenvalue weighted by Crippen LogP contribution is -2.46. The normalized spacial score (nSPS) is 25.5. The Morgan fingerprint density at radius 1 is 1.00 bits per heavy atom. The van der Waals surface area contributed by atoms with Crippen LogP contribution in [0.15, 0.2) is 0 Å². The van der Waals surface area contributed by atoms with Crippen LogP contribution in [0.1, 0.15) is 43.3 Å². The van der Waals surface area contributed by atoms with Crippen LogP contribution in [-0.4, -0.2) is 83.1 Å². The van der Waals surface area contributed by atoms with Gasteiger partial charge >= 0.3 is 0 Å². The van der Waals surface area contributed by atoms with E-state index >= 15 is 0 Å². The number of piperidine rings is 2. The Morgan fingerprint density at radius 2 is 1.72 bits per heavy atom. The van der Waals surface area contributed by atoms with Crippen molar-refractivity contribution in [1.82, 2.24) is 29.9 Å². The van der Waals surface area contributed by atoms with Crippen LogP contribution in [0.2, 0.25) is 0 Å². The average molecular weight is 348 g/mol. The molecule has 3 aliphatic rings. The molecular formula is C18H32N6O. The van der Waals surface area contributed by atoms with E-state index in [9.17, 15) is 0 Å². The minimum atomic E-state index is 0.564. The molecule has 4 heterocycles. The largest absolute Gasteiger partial charge is 0.379 e. The number of hydrogen-bond acceptors (Lipinski definition) is 6. The first kappa shape index (κ1) is 17.4. The number of ether oxygens (including phenoxy) is 1. The van der Waals surface area contributed by atoms with Gasteiger partial charge in [0, 0.05) is 32.1 Å². The molecule has 3 fully saturated rings. The molecule has 140 valence electrons. The summed E-state index contributed by atoms with van der Waals surface area (Å²) in [5, 5.41) is 12.5. The minimum Gasteiger partial charge on any atom is -0.379 e. The summed E-state index contributed by atoms with van der Waals surface area (Å²) >= 11 is 0. The summed E-state index contributed by atoms with van der Waals surface area (Å²) < 4.78 is 7.69. The zero-order valence-corrected chi connectivity index (χ0v) is 15.5. The topological polar surface area (TPSA) is 58.5 Å². The first-order valence-corrected chi connectivity index (χ1v) is 9.94. The third-order valence-electron chi connectivity index (χ3n) is 6.19. The van der Waals surface area contributed by atoms with Crippen molar-refractivity contribution in [2.45, 2.75) is 44.2 Å². The van der Waals surface area contributed by atoms with Gasteiger partial charge in [-0.1, -0.05) is 0 Å². The van der Waals surface area contributed by atoms with Crippen molar-refractivity contribution in [3.63, 3.8) is 0 Å². The van der Waals surface area contributed by atoms with Crippen LogP contribution >= 0.6 is 0 Å². The van der Waals surface area contributed by atoms with Crippen molar-refractivity contribution in [2.24, 2.45) is 7.05 Å². The molecule has 1 N–H and O–H groups in total. The van der Waals surface area contributed by atoms with Crippen LogP contribution in [0, 0.1) is 0 Å². The zero-order chi connectivity index (χ0) is 17.1. The monoisotopic (exact) mass is 348 g/mol. The van der Waals surface area contributed by atoms with Crippen molar-refractivity contribution in [3.8, 4) is 0 Å². The second-order valence-corrected chi connectivity index (χ2v) is 7.71. The number of nitrogens with one attached hydrogen (secondary N) is 1. The highest BCUT2D eigenvalue weighted by molar-refractivity contribution is 5.04. The lowest BCUT2D eigenvalue weighted by molar-refractivity contribution is 0.0326. The average Bonchev–Trinajstić information content (AvgIpc) is 3.04. The van der Waals surface area contributed by atoms with Crippen LogP contribution in [0.4, 0.5) is 0 Å². The SMILES string of the molecule is Cn1c(CN2CCOCC2)nnc1C1CCN(C2CCNCC2)CC1. The summed E-state index contributed by atoms with van der Waals surface area (Å²) in [6.07, 6.45) is 5.04. The maximum Gasteiger partial charge on any atom is 0.146 e. The summed E-state index contributed by atoms with van der Waals surface area (Å²) in [4.78, 5) is 5.12. The molecule has 0 amide bonds. The first-order valence-electron chi connectivity index (χ1n) is 9.94. The predicted molar refractivity (Wildman–Crippen MR) is 96.5 cm³/mol. The van der Waals surface area contributed by atoms with Crippen LogP contribution in [0.3, 0.4) is 0 Å². The van der Waals surface area contributed by atoms with E-state index in [1.54, 1.807) is 0 Å². The van der Waals surface area contributed by atoms with Gasteiger partial charge in [0.05, 0.1) is 19.8 Å². The fraction of sp³-hybridized carbons (Fsp3) is 0.889. The van der Waals surface area contributed by atoms with E-state index in [1.165, 1.54) is 57.7 Å². The van der Waals surface area contributed by atoms with Gasteiger partial charge in [-0.3, -0.25) is 4.90 Å². The summed E-state index contributed by atoms with van der Waals surface area (Å²) in [5.74, 6) is 2.85. The highest BCUT2D eigenvalue weighted by Gasteiger charge is 2.29. The lowest BCUT2D eigenvalue weighted by Gasteiger charge is -2.39. The van der Waals surface area contributed by atoms with Crippen LogP contribution in [0.5, 0.6) is 0 Å². The van der Waals surface area contributed by atoms with Gasteiger partial charge in [0.15, 0.2) is 0 Å². The zero-order valence-electron chi connectivity index (χ0n) is 15.5. The van der Waals surface area contributed by atoms with E-state index in [2.05, 4.69) is 36.9 Å². The number of morpholine rings is 1. The van der Waals surface area contributed by atoms with Crippen molar-refractivity contribution < 1.29 is 4.74 Å². The maximum absolute atomic E-state index is 5.43. The Morgan fingerprint density at radius 3 is 2.44 bits per heavy atom. The molecule has 0 bridgehead atoms. The minimum absolute atomic E-state index is 0.564. The van der Waals surface area contributed by atoms with Gasteiger partial charge in [-0.05, 0) is 51.9 Å². The fourth-order valence-electron chi connectivity index (χ4n) is 4.52. The standard InChI is InChI=1S/C18H32N6O/c1-22-17(14-23-10-12-25-13-11-23)20-21-18(22)15-4-8-24(9-5-15)16-2-6-19-7-3-16/h15-16,19H,2-14H2,1H3. The number of likely N-dealkylation sites (tertiary alicyclic amines) is 1. The van der Waals surface area contributed by atoms with E-state index in [0.29, 0.717) is 5.92 Å².